The number of rotatable bonds is 8. The second-order valence-electron chi connectivity index (χ2n) is 7.00. The Morgan fingerprint density at radius 1 is 1.26 bits per heavy atom. The van der Waals surface area contributed by atoms with Gasteiger partial charge in [-0.05, 0) is 37.6 Å². The number of halogens is 2. The van der Waals surface area contributed by atoms with E-state index < -0.39 is 11.9 Å². The highest BCUT2D eigenvalue weighted by Crippen LogP contribution is 2.32. The number of aryl methyl sites for hydroxylation is 1. The Morgan fingerprint density at radius 3 is 2.62 bits per heavy atom. The number of benzene rings is 1. The zero-order valence-corrected chi connectivity index (χ0v) is 20.6. The SMILES string of the molecule is CCOC(=O)c1sc(N)c(C#N)c1COC(=O)/C=C/c1c(C)nn(Cc2ccc(Cl)cc2)c1Cl. The molecule has 2 heterocycles. The first-order valence-electron chi connectivity index (χ1n) is 10.1. The number of ether oxygens (including phenoxy) is 2. The van der Waals surface area contributed by atoms with Gasteiger partial charge in [-0.3, -0.25) is 0 Å². The predicted molar refractivity (Wildman–Crippen MR) is 131 cm³/mol. The fourth-order valence-corrected chi connectivity index (χ4v) is 4.41. The lowest BCUT2D eigenvalue weighted by Crippen LogP contribution is -2.08. The summed E-state index contributed by atoms with van der Waals surface area (Å²) in [5.41, 5.74) is 8.30. The van der Waals surface area contributed by atoms with Crippen LogP contribution in [0.5, 0.6) is 0 Å². The van der Waals surface area contributed by atoms with Crippen LogP contribution >= 0.6 is 34.5 Å². The number of esters is 2. The number of hydrogen-bond acceptors (Lipinski definition) is 8. The number of nitrogen functional groups attached to an aromatic ring is 1. The van der Waals surface area contributed by atoms with Gasteiger partial charge in [0, 0.05) is 22.2 Å². The van der Waals surface area contributed by atoms with Crippen molar-refractivity contribution in [1.29, 1.82) is 5.26 Å². The minimum atomic E-state index is -0.690. The van der Waals surface area contributed by atoms with E-state index >= 15 is 0 Å². The Balaban J connectivity index is 1.72. The molecule has 176 valence electrons. The van der Waals surface area contributed by atoms with Crippen LogP contribution in [0.25, 0.3) is 6.08 Å². The Hall–Kier alpha value is -3.32. The molecule has 0 aliphatic heterocycles. The summed E-state index contributed by atoms with van der Waals surface area (Å²) in [6.07, 6.45) is 2.71. The quantitative estimate of drug-likeness (QED) is 0.329. The largest absolute Gasteiger partial charge is 0.462 e. The summed E-state index contributed by atoms with van der Waals surface area (Å²) < 4.78 is 11.9. The first kappa shape index (κ1) is 25.3. The molecule has 0 aliphatic rings. The van der Waals surface area contributed by atoms with Crippen molar-refractivity contribution in [3.8, 4) is 6.07 Å². The van der Waals surface area contributed by atoms with E-state index in [9.17, 15) is 14.9 Å². The maximum absolute atomic E-state index is 12.3. The zero-order chi connectivity index (χ0) is 24.8. The minimum Gasteiger partial charge on any atom is -0.462 e. The minimum absolute atomic E-state index is 0.0900. The molecule has 0 atom stereocenters. The van der Waals surface area contributed by atoms with Gasteiger partial charge in [-0.25, -0.2) is 14.3 Å². The summed E-state index contributed by atoms with van der Waals surface area (Å²) in [4.78, 5) is 24.6. The molecule has 0 bridgehead atoms. The number of anilines is 1. The molecule has 0 spiro atoms. The second-order valence-corrected chi connectivity index (χ2v) is 8.84. The normalized spacial score (nSPS) is 10.9. The molecule has 0 saturated carbocycles. The Bertz CT molecular complexity index is 1290. The van der Waals surface area contributed by atoms with Crippen LogP contribution in [0.4, 0.5) is 5.00 Å². The van der Waals surface area contributed by atoms with E-state index in [2.05, 4.69) is 5.10 Å². The highest BCUT2D eigenvalue weighted by molar-refractivity contribution is 7.18. The molecule has 0 fully saturated rings. The number of carbonyl (C=O) groups is 2. The fraction of sp³-hybridized carbons (Fsp3) is 0.217. The van der Waals surface area contributed by atoms with Gasteiger partial charge < -0.3 is 15.2 Å². The third kappa shape index (κ3) is 5.78. The van der Waals surface area contributed by atoms with Crippen molar-refractivity contribution in [2.24, 2.45) is 0 Å². The van der Waals surface area contributed by atoms with Crippen molar-refractivity contribution in [3.05, 3.63) is 73.3 Å². The standard InChI is InChI=1S/C23H20Cl2N4O4S/c1-3-32-23(31)20-18(17(10-26)22(27)34-20)12-33-19(30)9-8-16-13(2)28-29(21(16)25)11-14-4-6-15(24)7-5-14/h4-9H,3,11-12,27H2,1-2H3/b9-8+. The smallest absolute Gasteiger partial charge is 0.348 e. The van der Waals surface area contributed by atoms with Crippen molar-refractivity contribution >= 4 is 57.6 Å². The van der Waals surface area contributed by atoms with Crippen LogP contribution < -0.4 is 5.73 Å². The van der Waals surface area contributed by atoms with Gasteiger partial charge >= 0.3 is 11.9 Å². The van der Waals surface area contributed by atoms with Crippen molar-refractivity contribution in [3.63, 3.8) is 0 Å². The number of carbonyl (C=O) groups excluding carboxylic acids is 2. The van der Waals surface area contributed by atoms with E-state index in [0.717, 1.165) is 16.9 Å². The third-order valence-electron chi connectivity index (χ3n) is 4.71. The van der Waals surface area contributed by atoms with E-state index in [0.29, 0.717) is 28.0 Å². The summed E-state index contributed by atoms with van der Waals surface area (Å²) in [7, 11) is 0. The number of thiophene rings is 1. The van der Waals surface area contributed by atoms with Gasteiger partial charge in [-0.2, -0.15) is 10.4 Å². The van der Waals surface area contributed by atoms with Gasteiger partial charge in [0.25, 0.3) is 0 Å². The van der Waals surface area contributed by atoms with Crippen molar-refractivity contribution in [2.75, 3.05) is 12.3 Å². The topological polar surface area (TPSA) is 120 Å². The fourth-order valence-electron chi connectivity index (χ4n) is 3.07. The van der Waals surface area contributed by atoms with Gasteiger partial charge in [0.1, 0.15) is 27.7 Å². The number of nitrogens with zero attached hydrogens (tertiary/aromatic N) is 3. The van der Waals surface area contributed by atoms with Crippen molar-refractivity contribution < 1.29 is 19.1 Å². The Kier molecular flexibility index (Phi) is 8.34. The van der Waals surface area contributed by atoms with Gasteiger partial charge in [-0.1, -0.05) is 35.3 Å². The molecule has 2 aromatic heterocycles. The van der Waals surface area contributed by atoms with Gasteiger partial charge in [-0.15, -0.1) is 11.3 Å². The first-order valence-corrected chi connectivity index (χ1v) is 11.6. The maximum Gasteiger partial charge on any atom is 0.348 e. The van der Waals surface area contributed by atoms with E-state index in [1.165, 1.54) is 12.2 Å². The van der Waals surface area contributed by atoms with Gasteiger partial charge in [0.2, 0.25) is 0 Å². The average molecular weight is 519 g/mol. The average Bonchev–Trinajstić information content (AvgIpc) is 3.27. The number of nitriles is 1. The molecule has 11 heteroatoms. The summed E-state index contributed by atoms with van der Waals surface area (Å²) in [5.74, 6) is -1.32. The molecule has 0 amide bonds. The molecular formula is C23H20Cl2N4O4S. The molecule has 34 heavy (non-hydrogen) atoms. The lowest BCUT2D eigenvalue weighted by molar-refractivity contribution is -0.138. The van der Waals surface area contributed by atoms with E-state index in [-0.39, 0.29) is 34.2 Å². The number of hydrogen-bond donors (Lipinski definition) is 1. The lowest BCUT2D eigenvalue weighted by Gasteiger charge is -2.05. The number of aromatic nitrogens is 2. The molecule has 8 nitrogen and oxygen atoms in total. The third-order valence-corrected chi connectivity index (χ3v) is 6.40. The van der Waals surface area contributed by atoms with Crippen LogP contribution in [-0.4, -0.2) is 28.3 Å². The van der Waals surface area contributed by atoms with Crippen molar-refractivity contribution in [2.45, 2.75) is 27.0 Å². The molecule has 0 radical (unpaired) electrons. The van der Waals surface area contributed by atoms with Crippen LogP contribution in [0, 0.1) is 18.3 Å². The van der Waals surface area contributed by atoms with E-state index in [1.807, 2.05) is 18.2 Å². The molecule has 0 aliphatic carbocycles. The predicted octanol–water partition coefficient (Wildman–Crippen LogP) is 5.00. The molecule has 3 rings (SSSR count). The summed E-state index contributed by atoms with van der Waals surface area (Å²) >= 11 is 13.3. The molecule has 2 N–H and O–H groups in total. The van der Waals surface area contributed by atoms with Crippen LogP contribution in [-0.2, 0) is 27.4 Å². The summed E-state index contributed by atoms with van der Waals surface area (Å²) in [5, 5.41) is 14.9. The molecular weight excluding hydrogens is 499 g/mol. The highest BCUT2D eigenvalue weighted by Gasteiger charge is 2.23. The Morgan fingerprint density at radius 2 is 1.97 bits per heavy atom. The molecule has 3 aromatic rings. The monoisotopic (exact) mass is 518 g/mol. The number of nitrogens with two attached hydrogens (primary N) is 1. The highest BCUT2D eigenvalue weighted by atomic mass is 35.5. The van der Waals surface area contributed by atoms with Crippen LogP contribution in [0.1, 0.15) is 44.5 Å². The molecule has 0 unspecified atom stereocenters. The van der Waals surface area contributed by atoms with Gasteiger partial charge in [0.05, 0.1) is 24.4 Å². The summed E-state index contributed by atoms with van der Waals surface area (Å²) in [6.45, 7) is 3.72. The van der Waals surface area contributed by atoms with Gasteiger partial charge in [0.15, 0.2) is 0 Å². The van der Waals surface area contributed by atoms with Crippen molar-refractivity contribution in [1.82, 2.24) is 9.78 Å². The van der Waals surface area contributed by atoms with E-state index in [4.69, 9.17) is 38.4 Å². The van der Waals surface area contributed by atoms with E-state index in [1.54, 1.807) is 30.7 Å². The van der Waals surface area contributed by atoms with Crippen LogP contribution in [0.15, 0.2) is 30.3 Å². The lowest BCUT2D eigenvalue weighted by atomic mass is 10.1. The molecule has 0 saturated heterocycles. The van der Waals surface area contributed by atoms with Crippen LogP contribution in [0.3, 0.4) is 0 Å². The second kappa shape index (κ2) is 11.2. The first-order chi connectivity index (χ1) is 16.2. The van der Waals surface area contributed by atoms with Crippen LogP contribution in [0.2, 0.25) is 10.2 Å². The zero-order valence-electron chi connectivity index (χ0n) is 18.3. The maximum atomic E-state index is 12.3. The summed E-state index contributed by atoms with van der Waals surface area (Å²) in [6, 6.07) is 9.25. The Labute approximate surface area is 210 Å². The molecule has 1 aromatic carbocycles.